The van der Waals surface area contributed by atoms with Gasteiger partial charge in [0.1, 0.15) is 5.82 Å². The average molecular weight is 336 g/mol. The Morgan fingerprint density at radius 1 is 1.30 bits per heavy atom. The molecule has 1 aromatic heterocycles. The van der Waals surface area contributed by atoms with E-state index in [9.17, 15) is 14.0 Å². The van der Waals surface area contributed by atoms with Gasteiger partial charge in [-0.25, -0.2) is 14.2 Å². The average Bonchev–Trinajstić information content (AvgIpc) is 2.96. The van der Waals surface area contributed by atoms with E-state index in [1.807, 2.05) is 0 Å². The summed E-state index contributed by atoms with van der Waals surface area (Å²) in [6.45, 7) is 3.89. The van der Waals surface area contributed by atoms with Crippen molar-refractivity contribution >= 4 is 23.2 Å². The zero-order valence-electron chi connectivity index (χ0n) is 12.8. The third-order valence-electron chi connectivity index (χ3n) is 3.53. The minimum absolute atomic E-state index is 0.0166. The van der Waals surface area contributed by atoms with Gasteiger partial charge >= 0.3 is 5.97 Å². The first-order valence-corrected chi connectivity index (χ1v) is 7.90. The van der Waals surface area contributed by atoms with E-state index in [1.54, 1.807) is 26.0 Å². The second-order valence-electron chi connectivity index (χ2n) is 5.57. The van der Waals surface area contributed by atoms with E-state index in [2.05, 4.69) is 10.3 Å². The molecule has 1 heterocycles. The molecule has 2 rings (SSSR count). The van der Waals surface area contributed by atoms with Gasteiger partial charge in [0, 0.05) is 18.3 Å². The molecule has 1 amide bonds. The fraction of sp³-hybridized carbons (Fsp3) is 0.312. The normalized spacial score (nSPS) is 11.3. The molecule has 0 spiro atoms. The first-order chi connectivity index (χ1) is 10.8. The van der Waals surface area contributed by atoms with Crippen LogP contribution in [0.2, 0.25) is 0 Å². The lowest BCUT2D eigenvalue weighted by atomic mass is 9.83. The summed E-state index contributed by atoms with van der Waals surface area (Å²) in [5, 5.41) is 13.8. The minimum Gasteiger partial charge on any atom is -0.476 e. The minimum atomic E-state index is -1.06. The number of carbonyl (C=O) groups is 2. The highest BCUT2D eigenvalue weighted by molar-refractivity contribution is 7.09. The van der Waals surface area contributed by atoms with Gasteiger partial charge in [0.15, 0.2) is 5.69 Å². The van der Waals surface area contributed by atoms with E-state index in [4.69, 9.17) is 5.11 Å². The predicted molar refractivity (Wildman–Crippen MR) is 85.2 cm³/mol. The maximum atomic E-state index is 13.0. The molecule has 0 atom stereocenters. The van der Waals surface area contributed by atoms with Gasteiger partial charge in [-0.3, -0.25) is 4.79 Å². The number of rotatable bonds is 6. The summed E-state index contributed by atoms with van der Waals surface area (Å²) in [5.74, 6) is -1.59. The Hall–Kier alpha value is -2.28. The van der Waals surface area contributed by atoms with Crippen molar-refractivity contribution in [2.24, 2.45) is 0 Å². The Balaban J connectivity index is 1.92. The zero-order chi connectivity index (χ0) is 17.0. The van der Waals surface area contributed by atoms with Gasteiger partial charge in [0.2, 0.25) is 5.91 Å². The molecule has 0 bridgehead atoms. The number of carbonyl (C=O) groups excluding carboxylic acids is 1. The molecule has 0 fully saturated rings. The molecule has 2 N–H and O–H groups in total. The van der Waals surface area contributed by atoms with Crippen LogP contribution >= 0.6 is 11.3 Å². The number of carboxylic acid groups (broad SMARTS) is 1. The standard InChI is InChI=1S/C16H17FN2O3S/c1-16(2,10-3-5-11(17)6-4-10)15(22)18-8-7-13-19-12(9-23-13)14(20)21/h3-6,9H,7-8H2,1-2H3,(H,18,22)(H,20,21). The van der Waals surface area contributed by atoms with Crippen LogP contribution in [-0.2, 0) is 16.6 Å². The van der Waals surface area contributed by atoms with Crippen LogP contribution < -0.4 is 5.32 Å². The maximum Gasteiger partial charge on any atom is 0.355 e. The van der Waals surface area contributed by atoms with Gasteiger partial charge in [-0.15, -0.1) is 11.3 Å². The number of nitrogens with one attached hydrogen (secondary N) is 1. The summed E-state index contributed by atoms with van der Waals surface area (Å²) in [4.78, 5) is 27.1. The molecule has 2 aromatic rings. The van der Waals surface area contributed by atoms with Gasteiger partial charge < -0.3 is 10.4 Å². The number of halogens is 1. The number of amides is 1. The zero-order valence-corrected chi connectivity index (χ0v) is 13.6. The summed E-state index contributed by atoms with van der Waals surface area (Å²) in [7, 11) is 0. The summed E-state index contributed by atoms with van der Waals surface area (Å²) >= 11 is 1.25. The molecule has 0 radical (unpaired) electrons. The molecule has 0 aliphatic heterocycles. The SMILES string of the molecule is CC(C)(C(=O)NCCc1nc(C(=O)O)cs1)c1ccc(F)cc1. The number of carboxylic acids is 1. The number of benzene rings is 1. The van der Waals surface area contributed by atoms with Crippen LogP contribution in [0.1, 0.15) is 34.9 Å². The number of hydrogen-bond acceptors (Lipinski definition) is 4. The molecule has 0 aliphatic rings. The second kappa shape index (κ2) is 6.87. The Labute approximate surface area is 137 Å². The number of hydrogen-bond donors (Lipinski definition) is 2. The molecule has 0 aliphatic carbocycles. The van der Waals surface area contributed by atoms with E-state index >= 15 is 0 Å². The fourth-order valence-corrected chi connectivity index (χ4v) is 2.80. The number of nitrogens with zero attached hydrogens (tertiary/aromatic N) is 1. The Morgan fingerprint density at radius 3 is 2.52 bits per heavy atom. The monoisotopic (exact) mass is 336 g/mol. The highest BCUT2D eigenvalue weighted by Gasteiger charge is 2.29. The molecular formula is C16H17FN2O3S. The van der Waals surface area contributed by atoms with Crippen LogP contribution in [0.3, 0.4) is 0 Å². The van der Waals surface area contributed by atoms with E-state index in [1.165, 1.54) is 28.8 Å². The Morgan fingerprint density at radius 2 is 1.96 bits per heavy atom. The molecular weight excluding hydrogens is 319 g/mol. The molecule has 122 valence electrons. The van der Waals surface area contributed by atoms with Crippen molar-refractivity contribution in [1.82, 2.24) is 10.3 Å². The van der Waals surface area contributed by atoms with Crippen LogP contribution in [0, 0.1) is 5.82 Å². The Bertz CT molecular complexity index is 710. The number of thiazole rings is 1. The van der Waals surface area contributed by atoms with Crippen LogP contribution in [0.25, 0.3) is 0 Å². The first kappa shape index (κ1) is 17.1. The highest BCUT2D eigenvalue weighted by atomic mass is 32.1. The summed E-state index contributed by atoms with van der Waals surface area (Å²) in [5.41, 5.74) is -0.0511. The third-order valence-corrected chi connectivity index (χ3v) is 4.44. The van der Waals surface area contributed by atoms with Crippen molar-refractivity contribution in [2.45, 2.75) is 25.7 Å². The van der Waals surface area contributed by atoms with Crippen molar-refractivity contribution < 1.29 is 19.1 Å². The lowest BCUT2D eigenvalue weighted by molar-refractivity contribution is -0.125. The summed E-state index contributed by atoms with van der Waals surface area (Å²) < 4.78 is 13.0. The fourth-order valence-electron chi connectivity index (χ4n) is 2.03. The van der Waals surface area contributed by atoms with Crippen molar-refractivity contribution in [3.05, 3.63) is 51.7 Å². The Kier molecular flexibility index (Phi) is 5.10. The van der Waals surface area contributed by atoms with Crippen LogP contribution in [0.4, 0.5) is 4.39 Å². The van der Waals surface area contributed by atoms with Gasteiger partial charge in [0.05, 0.1) is 10.4 Å². The van der Waals surface area contributed by atoms with Gasteiger partial charge in [-0.05, 0) is 31.5 Å². The van der Waals surface area contributed by atoms with Crippen molar-refractivity contribution in [3.63, 3.8) is 0 Å². The number of aromatic nitrogens is 1. The smallest absolute Gasteiger partial charge is 0.355 e. The van der Waals surface area contributed by atoms with Crippen molar-refractivity contribution in [3.8, 4) is 0 Å². The predicted octanol–water partition coefficient (Wildman–Crippen LogP) is 2.62. The molecule has 1 aromatic carbocycles. The van der Waals surface area contributed by atoms with Crippen LogP contribution in [0.5, 0.6) is 0 Å². The topological polar surface area (TPSA) is 79.3 Å². The van der Waals surface area contributed by atoms with Crippen LogP contribution in [-0.4, -0.2) is 28.5 Å². The molecule has 0 saturated carbocycles. The van der Waals surface area contributed by atoms with Gasteiger partial charge in [-0.2, -0.15) is 0 Å². The molecule has 23 heavy (non-hydrogen) atoms. The maximum absolute atomic E-state index is 13.0. The quantitative estimate of drug-likeness (QED) is 0.850. The first-order valence-electron chi connectivity index (χ1n) is 7.03. The number of aromatic carboxylic acids is 1. The highest BCUT2D eigenvalue weighted by Crippen LogP contribution is 2.23. The van der Waals surface area contributed by atoms with Crippen molar-refractivity contribution in [2.75, 3.05) is 6.54 Å². The lowest BCUT2D eigenvalue weighted by Gasteiger charge is -2.24. The van der Waals surface area contributed by atoms with E-state index in [0.717, 1.165) is 5.56 Å². The molecule has 7 heteroatoms. The second-order valence-corrected chi connectivity index (χ2v) is 6.51. The third kappa shape index (κ3) is 4.13. The van der Waals surface area contributed by atoms with E-state index in [-0.39, 0.29) is 17.4 Å². The van der Waals surface area contributed by atoms with Gasteiger partial charge in [0.25, 0.3) is 0 Å². The van der Waals surface area contributed by atoms with Crippen molar-refractivity contribution in [1.29, 1.82) is 0 Å². The largest absolute Gasteiger partial charge is 0.476 e. The lowest BCUT2D eigenvalue weighted by Crippen LogP contribution is -2.40. The molecule has 0 saturated heterocycles. The van der Waals surface area contributed by atoms with Gasteiger partial charge in [-0.1, -0.05) is 12.1 Å². The summed E-state index contributed by atoms with van der Waals surface area (Å²) in [6, 6.07) is 5.84. The molecule has 5 nitrogen and oxygen atoms in total. The van der Waals surface area contributed by atoms with E-state index in [0.29, 0.717) is 18.0 Å². The summed E-state index contributed by atoms with van der Waals surface area (Å²) in [6.07, 6.45) is 0.461. The van der Waals surface area contributed by atoms with E-state index < -0.39 is 11.4 Å². The van der Waals surface area contributed by atoms with Crippen LogP contribution in [0.15, 0.2) is 29.6 Å². The molecule has 0 unspecified atom stereocenters.